The lowest BCUT2D eigenvalue weighted by Crippen LogP contribution is -2.32. The van der Waals surface area contributed by atoms with Crippen LogP contribution in [0.25, 0.3) is 0 Å². The van der Waals surface area contributed by atoms with Gasteiger partial charge in [0, 0.05) is 10.6 Å². The fourth-order valence-corrected chi connectivity index (χ4v) is 2.90. The van der Waals surface area contributed by atoms with Gasteiger partial charge in [-0.15, -0.1) is 11.3 Å². The summed E-state index contributed by atoms with van der Waals surface area (Å²) in [5, 5.41) is 17.4. The van der Waals surface area contributed by atoms with E-state index in [2.05, 4.69) is 10.6 Å². The maximum Gasteiger partial charge on any atom is 0.319 e. The zero-order valence-corrected chi connectivity index (χ0v) is 13.4. The van der Waals surface area contributed by atoms with E-state index < -0.39 is 6.10 Å². The summed E-state index contributed by atoms with van der Waals surface area (Å²) in [6.45, 7) is 4.63. The van der Waals surface area contributed by atoms with Gasteiger partial charge in [-0.3, -0.25) is 0 Å². The van der Waals surface area contributed by atoms with E-state index in [4.69, 9.17) is 4.74 Å². The van der Waals surface area contributed by atoms with Crippen molar-refractivity contribution in [3.63, 3.8) is 0 Å². The number of thiophene rings is 1. The monoisotopic (exact) mass is 320 g/mol. The van der Waals surface area contributed by atoms with Crippen LogP contribution in [0.15, 0.2) is 35.7 Å². The molecule has 0 aliphatic rings. The highest BCUT2D eigenvalue weighted by Gasteiger charge is 2.13. The Balaban J connectivity index is 1.81. The summed E-state index contributed by atoms with van der Waals surface area (Å²) in [5.74, 6) is 0.761. The van der Waals surface area contributed by atoms with Crippen molar-refractivity contribution in [3.05, 3.63) is 46.2 Å². The van der Waals surface area contributed by atoms with Crippen molar-refractivity contribution in [2.75, 3.05) is 18.5 Å². The molecule has 0 unspecified atom stereocenters. The molecule has 0 radical (unpaired) electrons. The van der Waals surface area contributed by atoms with E-state index in [-0.39, 0.29) is 12.6 Å². The van der Waals surface area contributed by atoms with Crippen molar-refractivity contribution < 1.29 is 14.6 Å². The molecule has 5 nitrogen and oxygen atoms in total. The number of ether oxygens (including phenoxy) is 1. The van der Waals surface area contributed by atoms with Gasteiger partial charge in [-0.05, 0) is 55.1 Å². The Kier molecular flexibility index (Phi) is 5.80. The molecule has 1 atom stereocenters. The SMILES string of the molecule is CCOc1ccc(NC(=O)NC[C@H](O)c2sccc2C)cc1. The van der Waals surface area contributed by atoms with Crippen LogP contribution in [0.5, 0.6) is 5.75 Å². The first-order valence-corrected chi connectivity index (χ1v) is 7.98. The number of aryl methyl sites for hydroxylation is 1. The van der Waals surface area contributed by atoms with E-state index in [0.29, 0.717) is 12.3 Å². The minimum atomic E-state index is -0.689. The second-order valence-corrected chi connectivity index (χ2v) is 5.72. The molecule has 0 aliphatic heterocycles. The maximum atomic E-state index is 11.8. The van der Waals surface area contributed by atoms with Crippen LogP contribution >= 0.6 is 11.3 Å². The number of aliphatic hydroxyl groups is 1. The molecule has 22 heavy (non-hydrogen) atoms. The van der Waals surface area contributed by atoms with Crippen LogP contribution in [0.3, 0.4) is 0 Å². The van der Waals surface area contributed by atoms with Crippen LogP contribution in [0.4, 0.5) is 10.5 Å². The van der Waals surface area contributed by atoms with Gasteiger partial charge in [0.1, 0.15) is 11.9 Å². The molecule has 0 fully saturated rings. The Hall–Kier alpha value is -2.05. The second kappa shape index (κ2) is 7.82. The van der Waals surface area contributed by atoms with E-state index in [1.807, 2.05) is 25.3 Å². The molecule has 2 rings (SSSR count). The highest BCUT2D eigenvalue weighted by Crippen LogP contribution is 2.23. The fourth-order valence-electron chi connectivity index (χ4n) is 1.98. The number of carbonyl (C=O) groups excluding carboxylic acids is 1. The highest BCUT2D eigenvalue weighted by molar-refractivity contribution is 7.10. The molecule has 2 aromatic rings. The van der Waals surface area contributed by atoms with Gasteiger partial charge >= 0.3 is 6.03 Å². The standard InChI is InChI=1S/C16H20N2O3S/c1-3-21-13-6-4-12(5-7-13)18-16(20)17-10-14(19)15-11(2)8-9-22-15/h4-9,14,19H,3,10H2,1-2H3,(H2,17,18,20)/t14-/m0/s1. The number of amides is 2. The average molecular weight is 320 g/mol. The molecule has 0 aliphatic carbocycles. The molecule has 1 aromatic carbocycles. The number of aliphatic hydroxyl groups excluding tert-OH is 1. The minimum absolute atomic E-state index is 0.171. The molecule has 0 saturated heterocycles. The van der Waals surface area contributed by atoms with E-state index >= 15 is 0 Å². The smallest absolute Gasteiger partial charge is 0.319 e. The van der Waals surface area contributed by atoms with Gasteiger partial charge in [-0.2, -0.15) is 0 Å². The normalized spacial score (nSPS) is 11.8. The van der Waals surface area contributed by atoms with Gasteiger partial charge < -0.3 is 20.5 Å². The minimum Gasteiger partial charge on any atom is -0.494 e. The van der Waals surface area contributed by atoms with Crippen LogP contribution in [0, 0.1) is 6.92 Å². The van der Waals surface area contributed by atoms with E-state index in [1.165, 1.54) is 11.3 Å². The molecular formula is C16H20N2O3S. The zero-order chi connectivity index (χ0) is 15.9. The summed E-state index contributed by atoms with van der Waals surface area (Å²) < 4.78 is 5.34. The van der Waals surface area contributed by atoms with Gasteiger partial charge in [0.25, 0.3) is 0 Å². The Labute approximate surface area is 133 Å². The van der Waals surface area contributed by atoms with Crippen molar-refractivity contribution in [2.24, 2.45) is 0 Å². The quantitative estimate of drug-likeness (QED) is 0.765. The van der Waals surface area contributed by atoms with Crippen molar-refractivity contribution in [3.8, 4) is 5.75 Å². The largest absolute Gasteiger partial charge is 0.494 e. The van der Waals surface area contributed by atoms with Gasteiger partial charge in [0.2, 0.25) is 0 Å². The van der Waals surface area contributed by atoms with Crippen LogP contribution in [-0.4, -0.2) is 24.3 Å². The highest BCUT2D eigenvalue weighted by atomic mass is 32.1. The molecule has 6 heteroatoms. The van der Waals surface area contributed by atoms with Gasteiger partial charge in [-0.1, -0.05) is 0 Å². The first kappa shape index (κ1) is 16.3. The number of nitrogens with one attached hydrogen (secondary N) is 2. The van der Waals surface area contributed by atoms with Gasteiger partial charge in [-0.25, -0.2) is 4.79 Å². The molecule has 0 saturated carbocycles. The molecule has 0 bridgehead atoms. The maximum absolute atomic E-state index is 11.8. The molecule has 1 aromatic heterocycles. The zero-order valence-electron chi connectivity index (χ0n) is 12.6. The number of rotatable bonds is 6. The van der Waals surface area contributed by atoms with Crippen LogP contribution in [0.2, 0.25) is 0 Å². The van der Waals surface area contributed by atoms with Crippen LogP contribution < -0.4 is 15.4 Å². The van der Waals surface area contributed by atoms with Crippen LogP contribution in [0.1, 0.15) is 23.5 Å². The van der Waals surface area contributed by atoms with E-state index in [9.17, 15) is 9.90 Å². The lowest BCUT2D eigenvalue weighted by Gasteiger charge is -2.12. The van der Waals surface area contributed by atoms with Gasteiger partial charge in [0.05, 0.1) is 13.2 Å². The fraction of sp³-hybridized carbons (Fsp3) is 0.312. The lowest BCUT2D eigenvalue weighted by atomic mass is 10.2. The topological polar surface area (TPSA) is 70.6 Å². The summed E-state index contributed by atoms with van der Waals surface area (Å²) in [6.07, 6.45) is -0.689. The predicted molar refractivity (Wildman–Crippen MR) is 88.6 cm³/mol. The average Bonchev–Trinajstić information content (AvgIpc) is 2.93. The van der Waals surface area contributed by atoms with Crippen molar-refractivity contribution in [2.45, 2.75) is 20.0 Å². The third-order valence-electron chi connectivity index (χ3n) is 3.08. The summed E-state index contributed by atoms with van der Waals surface area (Å²) in [5.41, 5.74) is 1.70. The Morgan fingerprint density at radius 1 is 1.32 bits per heavy atom. The number of urea groups is 1. The summed E-state index contributed by atoms with van der Waals surface area (Å²) in [6, 6.07) is 8.72. The van der Waals surface area contributed by atoms with Crippen molar-refractivity contribution in [1.82, 2.24) is 5.32 Å². The Bertz CT molecular complexity index is 610. The van der Waals surface area contributed by atoms with Crippen molar-refractivity contribution >= 4 is 23.1 Å². The molecular weight excluding hydrogens is 300 g/mol. The Morgan fingerprint density at radius 3 is 2.64 bits per heavy atom. The van der Waals surface area contributed by atoms with Gasteiger partial charge in [0.15, 0.2) is 0 Å². The predicted octanol–water partition coefficient (Wildman–Crippen LogP) is 3.31. The molecule has 2 amide bonds. The summed E-state index contributed by atoms with van der Waals surface area (Å²) in [7, 11) is 0. The summed E-state index contributed by atoms with van der Waals surface area (Å²) in [4.78, 5) is 12.7. The summed E-state index contributed by atoms with van der Waals surface area (Å²) >= 11 is 1.48. The first-order valence-electron chi connectivity index (χ1n) is 7.10. The Morgan fingerprint density at radius 2 is 2.05 bits per heavy atom. The molecule has 3 N–H and O–H groups in total. The third kappa shape index (κ3) is 4.47. The van der Waals surface area contributed by atoms with Crippen molar-refractivity contribution in [1.29, 1.82) is 0 Å². The third-order valence-corrected chi connectivity index (χ3v) is 4.20. The van der Waals surface area contributed by atoms with E-state index in [0.717, 1.165) is 16.2 Å². The van der Waals surface area contributed by atoms with E-state index in [1.54, 1.807) is 24.3 Å². The molecule has 118 valence electrons. The number of hydrogen-bond donors (Lipinski definition) is 3. The number of benzene rings is 1. The number of hydrogen-bond acceptors (Lipinski definition) is 4. The molecule has 0 spiro atoms. The second-order valence-electron chi connectivity index (χ2n) is 4.78. The number of anilines is 1. The lowest BCUT2D eigenvalue weighted by molar-refractivity contribution is 0.178. The first-order chi connectivity index (χ1) is 10.6. The van der Waals surface area contributed by atoms with Crippen LogP contribution in [-0.2, 0) is 0 Å². The molecule has 1 heterocycles. The number of carbonyl (C=O) groups is 1.